The van der Waals surface area contributed by atoms with Crippen LogP contribution in [0.2, 0.25) is 5.28 Å². The van der Waals surface area contributed by atoms with E-state index in [0.717, 1.165) is 18.2 Å². The first kappa shape index (κ1) is 17.0. The maximum absolute atomic E-state index is 12.6. The number of carbonyl (C=O) groups is 1. The second-order valence-corrected chi connectivity index (χ2v) is 7.55. The lowest BCUT2D eigenvalue weighted by atomic mass is 10.2. The summed E-state index contributed by atoms with van der Waals surface area (Å²) in [7, 11) is 0. The zero-order valence-corrected chi connectivity index (χ0v) is 15.1. The van der Waals surface area contributed by atoms with Crippen molar-refractivity contribution in [1.82, 2.24) is 24.6 Å². The third kappa shape index (κ3) is 3.45. The Hall–Kier alpha value is -1.89. The van der Waals surface area contributed by atoms with Gasteiger partial charge in [0.15, 0.2) is 5.65 Å². The van der Waals surface area contributed by atoms with E-state index >= 15 is 0 Å². The third-order valence-electron chi connectivity index (χ3n) is 4.12. The molecule has 1 aliphatic rings. The van der Waals surface area contributed by atoms with Crippen LogP contribution in [0.5, 0.6) is 0 Å². The monoisotopic (exact) mass is 351 g/mol. The second-order valence-electron chi connectivity index (χ2n) is 7.21. The molecule has 1 fully saturated rings. The summed E-state index contributed by atoms with van der Waals surface area (Å²) in [4.78, 5) is 22.6. The van der Waals surface area contributed by atoms with Gasteiger partial charge in [-0.25, -0.2) is 14.5 Å². The first-order valence-electron chi connectivity index (χ1n) is 8.10. The molecule has 0 spiro atoms. The first-order chi connectivity index (χ1) is 11.2. The molecule has 2 aromatic heterocycles. The molecule has 1 aliphatic heterocycles. The minimum atomic E-state index is -0.511. The van der Waals surface area contributed by atoms with Gasteiger partial charge in [0.25, 0.3) is 0 Å². The number of likely N-dealkylation sites (tertiary alicyclic amines) is 1. The molecule has 2 atom stereocenters. The summed E-state index contributed by atoms with van der Waals surface area (Å²) >= 11 is 5.89. The minimum Gasteiger partial charge on any atom is -0.444 e. The predicted octanol–water partition coefficient (Wildman–Crippen LogP) is 3.27. The van der Waals surface area contributed by atoms with Crippen molar-refractivity contribution < 1.29 is 9.53 Å². The maximum atomic E-state index is 12.6. The van der Waals surface area contributed by atoms with E-state index in [1.165, 1.54) is 0 Å². The number of hydrogen-bond donors (Lipinski definition) is 0. The molecular formula is C16H22ClN5O2. The zero-order valence-electron chi connectivity index (χ0n) is 14.4. The lowest BCUT2D eigenvalue weighted by Gasteiger charge is -2.31. The van der Waals surface area contributed by atoms with E-state index in [4.69, 9.17) is 16.3 Å². The fraction of sp³-hybridized carbons (Fsp3) is 0.625. The van der Waals surface area contributed by atoms with E-state index in [9.17, 15) is 4.79 Å². The highest BCUT2D eigenvalue weighted by Gasteiger charge is 2.37. The molecule has 0 radical (unpaired) electrons. The molecule has 0 bridgehead atoms. The Balaban J connectivity index is 1.82. The van der Waals surface area contributed by atoms with Crippen LogP contribution in [0.1, 0.15) is 40.5 Å². The summed E-state index contributed by atoms with van der Waals surface area (Å²) in [6.45, 7) is 8.23. The van der Waals surface area contributed by atoms with Gasteiger partial charge in [0.05, 0.1) is 24.2 Å². The molecule has 0 unspecified atom stereocenters. The van der Waals surface area contributed by atoms with Gasteiger partial charge in [-0.05, 0) is 52.1 Å². The maximum Gasteiger partial charge on any atom is 0.410 e. The quantitative estimate of drug-likeness (QED) is 0.776. The van der Waals surface area contributed by atoms with Gasteiger partial charge in [0.1, 0.15) is 5.60 Å². The molecule has 1 saturated heterocycles. The van der Waals surface area contributed by atoms with E-state index in [1.807, 2.05) is 32.6 Å². The fourth-order valence-electron chi connectivity index (χ4n) is 3.07. The molecule has 1 amide bonds. The number of halogens is 1. The summed E-state index contributed by atoms with van der Waals surface area (Å²) in [6, 6.07) is 0.164. The van der Waals surface area contributed by atoms with Gasteiger partial charge in [-0.15, -0.1) is 0 Å². The van der Waals surface area contributed by atoms with Crippen LogP contribution in [0.25, 0.3) is 11.0 Å². The molecule has 3 rings (SSSR count). The molecule has 0 N–H and O–H groups in total. The van der Waals surface area contributed by atoms with Crippen molar-refractivity contribution in [2.45, 2.75) is 64.8 Å². The SMILES string of the molecule is C[C@H]1CC[C@@H](Cn2ncc3cnc(Cl)nc32)N1C(=O)OC(C)(C)C. The summed E-state index contributed by atoms with van der Waals surface area (Å²) in [5.41, 5.74) is 0.169. The molecule has 0 saturated carbocycles. The van der Waals surface area contributed by atoms with E-state index in [0.29, 0.717) is 12.2 Å². The van der Waals surface area contributed by atoms with Gasteiger partial charge < -0.3 is 9.64 Å². The highest BCUT2D eigenvalue weighted by molar-refractivity contribution is 6.28. The van der Waals surface area contributed by atoms with Crippen LogP contribution in [0.4, 0.5) is 4.79 Å². The van der Waals surface area contributed by atoms with Crippen LogP contribution >= 0.6 is 11.6 Å². The molecular weight excluding hydrogens is 330 g/mol. The highest BCUT2D eigenvalue weighted by Crippen LogP contribution is 2.28. The Morgan fingerprint density at radius 1 is 1.38 bits per heavy atom. The Morgan fingerprint density at radius 3 is 2.83 bits per heavy atom. The van der Waals surface area contributed by atoms with Gasteiger partial charge in [-0.2, -0.15) is 10.1 Å². The molecule has 3 heterocycles. The summed E-state index contributed by atoms with van der Waals surface area (Å²) in [6.07, 6.45) is 4.93. The van der Waals surface area contributed by atoms with Crippen LogP contribution < -0.4 is 0 Å². The van der Waals surface area contributed by atoms with Crippen LogP contribution in [-0.4, -0.2) is 48.4 Å². The van der Waals surface area contributed by atoms with Crippen molar-refractivity contribution in [3.8, 4) is 0 Å². The number of nitrogens with zero attached hydrogens (tertiary/aromatic N) is 5. The Bertz CT molecular complexity index is 754. The summed E-state index contributed by atoms with van der Waals surface area (Å²) in [5, 5.41) is 5.39. The Labute approximate surface area is 146 Å². The molecule has 24 heavy (non-hydrogen) atoms. The van der Waals surface area contributed by atoms with Crippen molar-refractivity contribution in [1.29, 1.82) is 0 Å². The van der Waals surface area contributed by atoms with Crippen LogP contribution in [-0.2, 0) is 11.3 Å². The van der Waals surface area contributed by atoms with Crippen LogP contribution in [0.15, 0.2) is 12.4 Å². The van der Waals surface area contributed by atoms with Gasteiger partial charge >= 0.3 is 6.09 Å². The molecule has 2 aromatic rings. The number of ether oxygens (including phenoxy) is 1. The minimum absolute atomic E-state index is 0.0201. The molecule has 130 valence electrons. The van der Waals surface area contributed by atoms with Crippen molar-refractivity contribution >= 4 is 28.7 Å². The molecule has 7 nitrogen and oxygen atoms in total. The van der Waals surface area contributed by atoms with Crippen molar-refractivity contribution in [3.63, 3.8) is 0 Å². The van der Waals surface area contributed by atoms with Crippen molar-refractivity contribution in [2.24, 2.45) is 0 Å². The standard InChI is InChI=1S/C16H22ClN5O2/c1-10-5-6-12(22(10)15(23)24-16(2,3)4)9-21-13-11(8-19-21)7-18-14(17)20-13/h7-8,10,12H,5-6,9H2,1-4H3/t10-,12-/m0/s1. The van der Waals surface area contributed by atoms with Gasteiger partial charge in [-0.1, -0.05) is 0 Å². The van der Waals surface area contributed by atoms with Gasteiger partial charge in [0.2, 0.25) is 5.28 Å². The van der Waals surface area contributed by atoms with E-state index in [-0.39, 0.29) is 23.5 Å². The average molecular weight is 352 g/mol. The summed E-state index contributed by atoms with van der Waals surface area (Å²) < 4.78 is 7.34. The van der Waals surface area contributed by atoms with Gasteiger partial charge in [-0.3, -0.25) is 0 Å². The number of amides is 1. The van der Waals surface area contributed by atoms with E-state index < -0.39 is 5.60 Å². The average Bonchev–Trinajstić information content (AvgIpc) is 3.02. The number of rotatable bonds is 2. The Kier molecular flexibility index (Phi) is 4.38. The van der Waals surface area contributed by atoms with Gasteiger partial charge in [0, 0.05) is 12.2 Å². The lowest BCUT2D eigenvalue weighted by molar-refractivity contribution is 0.0145. The largest absolute Gasteiger partial charge is 0.444 e. The smallest absolute Gasteiger partial charge is 0.410 e. The van der Waals surface area contributed by atoms with Crippen molar-refractivity contribution in [3.05, 3.63) is 17.7 Å². The number of aromatic nitrogens is 4. The zero-order chi connectivity index (χ0) is 17.5. The Morgan fingerprint density at radius 2 is 2.12 bits per heavy atom. The highest BCUT2D eigenvalue weighted by atomic mass is 35.5. The molecule has 0 aromatic carbocycles. The van der Waals surface area contributed by atoms with Crippen molar-refractivity contribution in [2.75, 3.05) is 0 Å². The number of fused-ring (bicyclic) bond motifs is 1. The lowest BCUT2D eigenvalue weighted by Crippen LogP contribution is -2.44. The van der Waals surface area contributed by atoms with Crippen LogP contribution in [0, 0.1) is 0 Å². The van der Waals surface area contributed by atoms with E-state index in [2.05, 4.69) is 15.1 Å². The predicted molar refractivity (Wildman–Crippen MR) is 90.9 cm³/mol. The van der Waals surface area contributed by atoms with E-state index in [1.54, 1.807) is 17.1 Å². The fourth-order valence-corrected chi connectivity index (χ4v) is 3.20. The molecule has 8 heteroatoms. The number of hydrogen-bond acceptors (Lipinski definition) is 5. The van der Waals surface area contributed by atoms with Crippen LogP contribution in [0.3, 0.4) is 0 Å². The summed E-state index contributed by atoms with van der Waals surface area (Å²) in [5.74, 6) is 0. The normalized spacial score (nSPS) is 21.5. The number of carbonyl (C=O) groups excluding carboxylic acids is 1. The topological polar surface area (TPSA) is 73.1 Å². The second kappa shape index (κ2) is 6.20. The first-order valence-corrected chi connectivity index (χ1v) is 8.48. The molecule has 0 aliphatic carbocycles. The third-order valence-corrected chi connectivity index (χ3v) is 4.30.